The van der Waals surface area contributed by atoms with E-state index in [-0.39, 0.29) is 42.8 Å². The van der Waals surface area contributed by atoms with E-state index >= 15 is 0 Å². The number of alkyl halides is 3. The smallest absolute Gasteiger partial charge is 0.420 e. The van der Waals surface area contributed by atoms with E-state index in [4.69, 9.17) is 0 Å². The molecule has 1 fully saturated rings. The number of aromatic nitrogens is 2. The van der Waals surface area contributed by atoms with Gasteiger partial charge in [0.15, 0.2) is 0 Å². The minimum absolute atomic E-state index is 0.162. The van der Waals surface area contributed by atoms with Gasteiger partial charge in [-0.05, 0) is 43.2 Å². The number of phenols is 1. The number of halogens is 5. The Morgan fingerprint density at radius 1 is 1.03 bits per heavy atom. The summed E-state index contributed by atoms with van der Waals surface area (Å²) in [6.45, 7) is 0.323. The van der Waals surface area contributed by atoms with Crippen molar-refractivity contribution < 1.29 is 31.9 Å². The van der Waals surface area contributed by atoms with Gasteiger partial charge in [0, 0.05) is 24.8 Å². The van der Waals surface area contributed by atoms with Crippen LogP contribution in [0.5, 0.6) is 5.75 Å². The fourth-order valence-corrected chi connectivity index (χ4v) is 3.82. The monoisotopic (exact) mass is 451 g/mol. The van der Waals surface area contributed by atoms with Gasteiger partial charge in [-0.15, -0.1) is 0 Å². The fourth-order valence-electron chi connectivity index (χ4n) is 3.82. The van der Waals surface area contributed by atoms with Gasteiger partial charge in [0.2, 0.25) is 0 Å². The zero-order chi connectivity index (χ0) is 23.0. The first-order valence-electron chi connectivity index (χ1n) is 9.84. The van der Waals surface area contributed by atoms with Crippen molar-refractivity contribution in [2.24, 2.45) is 0 Å². The molecule has 4 rings (SSSR count). The van der Waals surface area contributed by atoms with Crippen LogP contribution in [0.25, 0.3) is 11.3 Å². The summed E-state index contributed by atoms with van der Waals surface area (Å²) in [5.74, 6) is -2.44. The van der Waals surface area contributed by atoms with Crippen molar-refractivity contribution in [1.29, 1.82) is 0 Å². The van der Waals surface area contributed by atoms with E-state index in [0.29, 0.717) is 0 Å². The molecule has 1 N–H and O–H groups in total. The number of hydrogen-bond acceptors (Lipinski definition) is 3. The standard InChI is InChI=1S/C22H18F5N3O2/c23-18-4-2-1-3-15(18)20-17(22(25,26)27)12-30(28-20)13-7-9-29(10-8-13)21(32)16-11-14(31)5-6-19(16)24/h1-6,11-13,31H,7-10H2. The minimum Gasteiger partial charge on any atom is -0.508 e. The van der Waals surface area contributed by atoms with Crippen molar-refractivity contribution in [3.8, 4) is 17.0 Å². The van der Waals surface area contributed by atoms with Crippen LogP contribution in [0.4, 0.5) is 22.0 Å². The molecule has 2 aromatic carbocycles. The van der Waals surface area contributed by atoms with Crippen molar-refractivity contribution in [3.05, 3.63) is 71.4 Å². The van der Waals surface area contributed by atoms with E-state index in [1.165, 1.54) is 27.8 Å². The third-order valence-corrected chi connectivity index (χ3v) is 5.47. The Morgan fingerprint density at radius 2 is 1.72 bits per heavy atom. The average Bonchev–Trinajstić information content (AvgIpc) is 3.21. The zero-order valence-corrected chi connectivity index (χ0v) is 16.6. The van der Waals surface area contributed by atoms with Crippen molar-refractivity contribution in [2.45, 2.75) is 25.1 Å². The number of likely N-dealkylation sites (tertiary alicyclic amines) is 1. The summed E-state index contributed by atoms with van der Waals surface area (Å²) in [5.41, 5.74) is -2.05. The maximum absolute atomic E-state index is 14.1. The van der Waals surface area contributed by atoms with E-state index in [2.05, 4.69) is 5.10 Å². The van der Waals surface area contributed by atoms with Gasteiger partial charge in [0.05, 0.1) is 11.6 Å². The molecule has 5 nitrogen and oxygen atoms in total. The van der Waals surface area contributed by atoms with Crippen LogP contribution in [0.1, 0.15) is 34.8 Å². The molecule has 10 heteroatoms. The van der Waals surface area contributed by atoms with Crippen molar-refractivity contribution in [2.75, 3.05) is 13.1 Å². The van der Waals surface area contributed by atoms with Gasteiger partial charge in [-0.3, -0.25) is 9.48 Å². The summed E-state index contributed by atoms with van der Waals surface area (Å²) in [5, 5.41) is 13.6. The highest BCUT2D eigenvalue weighted by atomic mass is 19.4. The Bertz CT molecular complexity index is 1150. The summed E-state index contributed by atoms with van der Waals surface area (Å²) in [6, 6.07) is 7.82. The third-order valence-electron chi connectivity index (χ3n) is 5.47. The molecule has 0 unspecified atom stereocenters. The molecule has 0 atom stereocenters. The van der Waals surface area contributed by atoms with Crippen LogP contribution in [0.3, 0.4) is 0 Å². The van der Waals surface area contributed by atoms with Gasteiger partial charge < -0.3 is 10.0 Å². The number of hydrogen-bond donors (Lipinski definition) is 1. The van der Waals surface area contributed by atoms with Crippen LogP contribution < -0.4 is 0 Å². The van der Waals surface area contributed by atoms with E-state index in [1.54, 1.807) is 0 Å². The van der Waals surface area contributed by atoms with E-state index in [1.807, 2.05) is 0 Å². The van der Waals surface area contributed by atoms with Crippen LogP contribution in [0, 0.1) is 11.6 Å². The Balaban J connectivity index is 1.56. The van der Waals surface area contributed by atoms with Crippen LogP contribution in [0.15, 0.2) is 48.7 Å². The summed E-state index contributed by atoms with van der Waals surface area (Å²) in [7, 11) is 0. The number of piperidine rings is 1. The quantitative estimate of drug-likeness (QED) is 0.569. The Hall–Kier alpha value is -3.43. The lowest BCUT2D eigenvalue weighted by Crippen LogP contribution is -2.39. The molecular weight excluding hydrogens is 433 g/mol. The lowest BCUT2D eigenvalue weighted by atomic mass is 10.0. The number of nitrogens with zero attached hydrogens (tertiary/aromatic N) is 3. The largest absolute Gasteiger partial charge is 0.508 e. The second kappa shape index (κ2) is 8.25. The Labute approximate surface area is 179 Å². The van der Waals surface area contributed by atoms with E-state index in [9.17, 15) is 31.9 Å². The molecule has 1 amide bonds. The summed E-state index contributed by atoms with van der Waals surface area (Å²) >= 11 is 0. The SMILES string of the molecule is O=C(c1cc(O)ccc1F)N1CCC(n2cc(C(F)(F)F)c(-c3ccccc3F)n2)CC1. The molecule has 0 bridgehead atoms. The Morgan fingerprint density at radius 3 is 2.38 bits per heavy atom. The minimum atomic E-state index is -4.72. The molecule has 32 heavy (non-hydrogen) atoms. The third kappa shape index (κ3) is 4.17. The second-order valence-electron chi connectivity index (χ2n) is 7.54. The Kier molecular flexibility index (Phi) is 5.62. The van der Waals surface area contributed by atoms with E-state index in [0.717, 1.165) is 30.5 Å². The highest BCUT2D eigenvalue weighted by molar-refractivity contribution is 5.95. The summed E-state index contributed by atoms with van der Waals surface area (Å²) in [4.78, 5) is 14.0. The average molecular weight is 451 g/mol. The molecule has 1 aromatic heterocycles. The molecule has 1 aliphatic heterocycles. The summed E-state index contributed by atoms with van der Waals surface area (Å²) in [6.07, 6.45) is -3.30. The van der Waals surface area contributed by atoms with Gasteiger partial charge in [-0.2, -0.15) is 18.3 Å². The van der Waals surface area contributed by atoms with Gasteiger partial charge in [0.1, 0.15) is 28.6 Å². The van der Waals surface area contributed by atoms with Crippen LogP contribution in [-0.2, 0) is 6.18 Å². The van der Waals surface area contributed by atoms with Crippen molar-refractivity contribution in [3.63, 3.8) is 0 Å². The van der Waals surface area contributed by atoms with Gasteiger partial charge in [-0.25, -0.2) is 8.78 Å². The highest BCUT2D eigenvalue weighted by Gasteiger charge is 2.38. The predicted octanol–water partition coefficient (Wildman–Crippen LogP) is 5.03. The first-order valence-corrected chi connectivity index (χ1v) is 9.84. The number of amides is 1. The first-order chi connectivity index (χ1) is 15.1. The van der Waals surface area contributed by atoms with Crippen LogP contribution in [0.2, 0.25) is 0 Å². The molecule has 3 aromatic rings. The lowest BCUT2D eigenvalue weighted by Gasteiger charge is -2.32. The maximum atomic E-state index is 14.1. The van der Waals surface area contributed by atoms with Gasteiger partial charge in [0.25, 0.3) is 5.91 Å². The topological polar surface area (TPSA) is 58.4 Å². The number of rotatable bonds is 3. The van der Waals surface area contributed by atoms with Crippen molar-refractivity contribution in [1.82, 2.24) is 14.7 Å². The second-order valence-corrected chi connectivity index (χ2v) is 7.54. The molecule has 0 aliphatic carbocycles. The molecule has 0 spiro atoms. The lowest BCUT2D eigenvalue weighted by molar-refractivity contribution is -0.137. The normalized spacial score (nSPS) is 15.2. The van der Waals surface area contributed by atoms with Gasteiger partial charge >= 0.3 is 6.18 Å². The highest BCUT2D eigenvalue weighted by Crippen LogP contribution is 2.38. The predicted molar refractivity (Wildman–Crippen MR) is 105 cm³/mol. The van der Waals surface area contributed by atoms with Crippen LogP contribution >= 0.6 is 0 Å². The number of benzene rings is 2. The molecule has 0 radical (unpaired) electrons. The molecule has 1 saturated heterocycles. The number of aromatic hydroxyl groups is 1. The van der Waals surface area contributed by atoms with Crippen molar-refractivity contribution >= 4 is 5.91 Å². The van der Waals surface area contributed by atoms with E-state index < -0.39 is 41.0 Å². The molecule has 2 heterocycles. The van der Waals surface area contributed by atoms with Crippen LogP contribution in [-0.4, -0.2) is 38.8 Å². The zero-order valence-electron chi connectivity index (χ0n) is 16.6. The molecular formula is C22H18F5N3O2. The molecule has 0 saturated carbocycles. The maximum Gasteiger partial charge on any atom is 0.420 e. The number of phenolic OH excluding ortho intramolecular Hbond substituents is 1. The van der Waals surface area contributed by atoms with Gasteiger partial charge in [-0.1, -0.05) is 12.1 Å². The molecule has 168 valence electrons. The summed E-state index contributed by atoms with van der Waals surface area (Å²) < 4.78 is 70.0. The first kappa shape index (κ1) is 21.8. The number of carbonyl (C=O) groups is 1. The fraction of sp³-hybridized carbons (Fsp3) is 0.273. The molecule has 1 aliphatic rings. The number of carbonyl (C=O) groups excluding carboxylic acids is 1.